The number of carbonyl (C=O) groups is 1. The monoisotopic (exact) mass is 330 g/mol. The molecule has 0 atom stereocenters. The van der Waals surface area contributed by atoms with Crippen LogP contribution in [0.2, 0.25) is 0 Å². The van der Waals surface area contributed by atoms with Gasteiger partial charge >= 0.3 is 5.69 Å². The summed E-state index contributed by atoms with van der Waals surface area (Å²) in [5.74, 6) is 0.0154. The van der Waals surface area contributed by atoms with Crippen LogP contribution >= 0.6 is 0 Å². The van der Waals surface area contributed by atoms with Gasteiger partial charge in [-0.2, -0.15) is 5.10 Å². The normalized spacial score (nSPS) is 10.9. The highest BCUT2D eigenvalue weighted by Crippen LogP contribution is 2.27. The lowest BCUT2D eigenvalue weighted by molar-refractivity contribution is -0.386. The van der Waals surface area contributed by atoms with Crippen LogP contribution < -0.4 is 5.32 Å². The minimum atomic E-state index is -0.468. The van der Waals surface area contributed by atoms with E-state index in [1.165, 1.54) is 4.68 Å². The smallest absolute Gasteiger partial charge is 0.312 e. The van der Waals surface area contributed by atoms with Gasteiger partial charge in [0.25, 0.3) is 0 Å². The van der Waals surface area contributed by atoms with Gasteiger partial charge in [-0.15, -0.1) is 0 Å². The summed E-state index contributed by atoms with van der Waals surface area (Å²) >= 11 is 0. The first-order valence-corrected chi connectivity index (χ1v) is 7.80. The second-order valence-electron chi connectivity index (χ2n) is 6.18. The zero-order valence-electron chi connectivity index (χ0n) is 14.6. The Morgan fingerprint density at radius 3 is 2.54 bits per heavy atom. The molecule has 7 nitrogen and oxygen atoms in total. The first-order valence-electron chi connectivity index (χ1n) is 7.80. The molecule has 0 aliphatic carbocycles. The number of nitrogens with one attached hydrogen (secondary N) is 1. The van der Waals surface area contributed by atoms with E-state index in [0.717, 1.165) is 16.8 Å². The van der Waals surface area contributed by atoms with E-state index < -0.39 is 4.92 Å². The molecule has 2 aromatic rings. The Hall–Kier alpha value is -2.70. The lowest BCUT2D eigenvalue weighted by atomic mass is 9.98. The van der Waals surface area contributed by atoms with E-state index in [2.05, 4.69) is 24.3 Å². The lowest BCUT2D eigenvalue weighted by Crippen LogP contribution is -2.21. The van der Waals surface area contributed by atoms with Crippen LogP contribution in [-0.4, -0.2) is 20.6 Å². The van der Waals surface area contributed by atoms with Crippen molar-refractivity contribution in [3.8, 4) is 0 Å². The van der Waals surface area contributed by atoms with Gasteiger partial charge in [0.15, 0.2) is 0 Å². The Kier molecular flexibility index (Phi) is 5.02. The molecule has 0 saturated carbocycles. The summed E-state index contributed by atoms with van der Waals surface area (Å²) < 4.78 is 1.37. The summed E-state index contributed by atoms with van der Waals surface area (Å²) in [4.78, 5) is 23.0. The number of hydrogen-bond donors (Lipinski definition) is 1. The fraction of sp³-hybridized carbons (Fsp3) is 0.412. The molecule has 0 saturated heterocycles. The summed E-state index contributed by atoms with van der Waals surface area (Å²) in [7, 11) is 0. The number of para-hydroxylation sites is 1. The van der Waals surface area contributed by atoms with E-state index >= 15 is 0 Å². The molecule has 0 fully saturated rings. The van der Waals surface area contributed by atoms with Gasteiger partial charge in [0.1, 0.15) is 17.9 Å². The van der Waals surface area contributed by atoms with Crippen molar-refractivity contribution >= 4 is 17.3 Å². The standard InChI is InChI=1S/C17H22N4O3/c1-10(2)14-8-6-7-11(3)16(14)18-15(22)9-20-13(5)17(21(23)24)12(4)19-20/h6-8,10H,9H2,1-5H3,(H,18,22). The van der Waals surface area contributed by atoms with Crippen molar-refractivity contribution in [2.75, 3.05) is 5.32 Å². The number of rotatable bonds is 5. The second kappa shape index (κ2) is 6.82. The van der Waals surface area contributed by atoms with Crippen LogP contribution in [0.3, 0.4) is 0 Å². The molecular formula is C17H22N4O3. The van der Waals surface area contributed by atoms with E-state index in [0.29, 0.717) is 11.4 Å². The highest BCUT2D eigenvalue weighted by molar-refractivity contribution is 5.92. The number of aromatic nitrogens is 2. The van der Waals surface area contributed by atoms with Crippen molar-refractivity contribution in [3.05, 3.63) is 50.8 Å². The average Bonchev–Trinajstić information content (AvgIpc) is 2.75. The van der Waals surface area contributed by atoms with Gasteiger partial charge in [0.05, 0.1) is 4.92 Å². The molecule has 1 aromatic carbocycles. The average molecular weight is 330 g/mol. The van der Waals surface area contributed by atoms with Crippen LogP contribution in [-0.2, 0) is 11.3 Å². The molecule has 7 heteroatoms. The van der Waals surface area contributed by atoms with Crippen molar-refractivity contribution in [2.24, 2.45) is 0 Å². The minimum absolute atomic E-state index is 0.0402. The van der Waals surface area contributed by atoms with E-state index in [9.17, 15) is 14.9 Å². The van der Waals surface area contributed by atoms with E-state index in [1.54, 1.807) is 13.8 Å². The topological polar surface area (TPSA) is 90.1 Å². The van der Waals surface area contributed by atoms with E-state index in [1.807, 2.05) is 25.1 Å². The molecule has 0 aliphatic rings. The zero-order chi connectivity index (χ0) is 18.0. The first kappa shape index (κ1) is 17.7. The largest absolute Gasteiger partial charge is 0.324 e. The number of benzene rings is 1. The maximum Gasteiger partial charge on any atom is 0.312 e. The van der Waals surface area contributed by atoms with Crippen molar-refractivity contribution in [3.63, 3.8) is 0 Å². The fourth-order valence-electron chi connectivity index (χ4n) is 2.76. The van der Waals surface area contributed by atoms with Crippen LogP contribution in [0.15, 0.2) is 18.2 Å². The SMILES string of the molecule is Cc1cccc(C(C)C)c1NC(=O)Cn1nc(C)c([N+](=O)[O-])c1C. The third-order valence-corrected chi connectivity index (χ3v) is 4.01. The van der Waals surface area contributed by atoms with Gasteiger partial charge in [-0.3, -0.25) is 19.6 Å². The maximum atomic E-state index is 12.4. The van der Waals surface area contributed by atoms with E-state index in [4.69, 9.17) is 0 Å². The molecule has 2 rings (SSSR count). The molecule has 1 N–H and O–H groups in total. The van der Waals surface area contributed by atoms with E-state index in [-0.39, 0.29) is 24.1 Å². The molecule has 0 aliphatic heterocycles. The lowest BCUT2D eigenvalue weighted by Gasteiger charge is -2.16. The zero-order valence-corrected chi connectivity index (χ0v) is 14.6. The molecule has 1 aromatic heterocycles. The highest BCUT2D eigenvalue weighted by Gasteiger charge is 2.23. The molecule has 128 valence electrons. The molecule has 0 unspecified atom stereocenters. The summed E-state index contributed by atoms with van der Waals surface area (Å²) in [5, 5.41) is 18.1. The molecule has 24 heavy (non-hydrogen) atoms. The van der Waals surface area contributed by atoms with Gasteiger partial charge in [-0.25, -0.2) is 0 Å². The number of amides is 1. The first-order chi connectivity index (χ1) is 11.2. The van der Waals surface area contributed by atoms with Gasteiger partial charge in [-0.1, -0.05) is 32.0 Å². The number of nitrogens with zero attached hydrogens (tertiary/aromatic N) is 3. The number of hydrogen-bond acceptors (Lipinski definition) is 4. The molecule has 1 heterocycles. The third-order valence-electron chi connectivity index (χ3n) is 4.01. The van der Waals surface area contributed by atoms with Crippen LogP contribution in [0.1, 0.15) is 42.3 Å². The predicted molar refractivity (Wildman–Crippen MR) is 92.3 cm³/mol. The Bertz CT molecular complexity index is 793. The summed E-state index contributed by atoms with van der Waals surface area (Å²) in [6.07, 6.45) is 0. The fourth-order valence-corrected chi connectivity index (χ4v) is 2.76. The number of carbonyl (C=O) groups excluding carboxylic acids is 1. The Labute approximate surface area is 140 Å². The molecular weight excluding hydrogens is 308 g/mol. The van der Waals surface area contributed by atoms with Crippen molar-refractivity contribution in [2.45, 2.75) is 47.1 Å². The summed E-state index contributed by atoms with van der Waals surface area (Å²) in [6.45, 7) is 9.17. The van der Waals surface area contributed by atoms with Gasteiger partial charge < -0.3 is 5.32 Å². The summed E-state index contributed by atoms with van der Waals surface area (Å²) in [5.41, 5.74) is 3.48. The number of aryl methyl sites for hydroxylation is 2. The summed E-state index contributed by atoms with van der Waals surface area (Å²) in [6, 6.07) is 5.89. The van der Waals surface area contributed by atoms with Crippen molar-refractivity contribution in [1.29, 1.82) is 0 Å². The molecule has 0 bridgehead atoms. The minimum Gasteiger partial charge on any atom is -0.324 e. The van der Waals surface area contributed by atoms with Crippen LogP contribution in [0.25, 0.3) is 0 Å². The van der Waals surface area contributed by atoms with Gasteiger partial charge in [-0.05, 0) is 37.8 Å². The number of anilines is 1. The second-order valence-corrected chi connectivity index (χ2v) is 6.18. The quantitative estimate of drug-likeness (QED) is 0.671. The number of nitro groups is 1. The Morgan fingerprint density at radius 2 is 2.00 bits per heavy atom. The Balaban J connectivity index is 2.24. The van der Waals surface area contributed by atoms with Crippen molar-refractivity contribution < 1.29 is 9.72 Å². The maximum absolute atomic E-state index is 12.4. The van der Waals surface area contributed by atoms with Crippen LogP contribution in [0.5, 0.6) is 0 Å². The van der Waals surface area contributed by atoms with Crippen molar-refractivity contribution in [1.82, 2.24) is 9.78 Å². The molecule has 1 amide bonds. The molecule has 0 radical (unpaired) electrons. The molecule has 0 spiro atoms. The predicted octanol–water partition coefficient (Wildman–Crippen LogP) is 3.48. The Morgan fingerprint density at radius 1 is 1.33 bits per heavy atom. The van der Waals surface area contributed by atoms with Gasteiger partial charge in [0, 0.05) is 5.69 Å². The highest BCUT2D eigenvalue weighted by atomic mass is 16.6. The van der Waals surface area contributed by atoms with Crippen LogP contribution in [0, 0.1) is 30.9 Å². The van der Waals surface area contributed by atoms with Crippen LogP contribution in [0.4, 0.5) is 11.4 Å². The van der Waals surface area contributed by atoms with Gasteiger partial charge in [0.2, 0.25) is 5.91 Å². The third kappa shape index (κ3) is 3.45.